The normalized spacial score (nSPS) is 10.5. The number of halogens is 3. The number of hydrogen-bond donors (Lipinski definition) is 0. The first-order chi connectivity index (χ1) is 11.5. The van der Waals surface area contributed by atoms with Crippen LogP contribution >= 0.6 is 23.2 Å². The molecule has 4 rings (SSSR count). The van der Waals surface area contributed by atoms with Gasteiger partial charge < -0.3 is 0 Å². The molecular weight excluding hydrogens is 346 g/mol. The fraction of sp³-hybridized carbons (Fsp3) is 0.0526. The van der Waals surface area contributed by atoms with E-state index in [4.69, 9.17) is 23.2 Å². The molecule has 120 valence electrons. The second kappa shape index (κ2) is 7.12. The molecule has 0 radical (unpaired) electrons. The van der Waals surface area contributed by atoms with Crippen molar-refractivity contribution in [2.75, 3.05) is 0 Å². The van der Waals surface area contributed by atoms with Gasteiger partial charge in [0.05, 0.1) is 0 Å². The third-order valence-corrected chi connectivity index (χ3v) is 4.15. The zero-order valence-corrected chi connectivity index (χ0v) is 14.3. The van der Waals surface area contributed by atoms with Crippen LogP contribution in [0, 0.1) is 12.7 Å². The van der Waals surface area contributed by atoms with Crippen LogP contribution in [0.15, 0.2) is 60.9 Å². The van der Waals surface area contributed by atoms with Gasteiger partial charge >= 0.3 is 0 Å². The van der Waals surface area contributed by atoms with Crippen LogP contribution in [0.4, 0.5) is 4.39 Å². The lowest BCUT2D eigenvalue weighted by atomic mass is 10.1. The number of nitrogens with zero attached hydrogens (tertiary/aromatic N) is 2. The molecule has 0 amide bonds. The molecule has 0 atom stereocenters. The molecule has 4 aromatic rings. The Morgan fingerprint density at radius 1 is 0.750 bits per heavy atom. The van der Waals surface area contributed by atoms with Crippen LogP contribution in [0.2, 0.25) is 10.3 Å². The molecule has 0 spiro atoms. The molecule has 0 saturated carbocycles. The van der Waals surface area contributed by atoms with Gasteiger partial charge in [-0.05, 0) is 48.0 Å². The summed E-state index contributed by atoms with van der Waals surface area (Å²) in [5, 5.41) is 4.70. The standard InChI is InChI=1S/C10H8ClN.C9H5ClFN/c1-7-2-3-9-8(6-7)4-5-12-10(9)11;10-9-8-2-1-7(11)5-6(8)3-4-12-9/h2-6H,1H3;1-5H. The number of aryl methyl sites for hydroxylation is 1. The summed E-state index contributed by atoms with van der Waals surface area (Å²) in [5.74, 6) is -0.259. The molecule has 0 aliphatic heterocycles. The van der Waals surface area contributed by atoms with Gasteiger partial charge in [0.1, 0.15) is 16.1 Å². The molecule has 0 bridgehead atoms. The summed E-state index contributed by atoms with van der Waals surface area (Å²) >= 11 is 11.7. The highest BCUT2D eigenvalue weighted by Gasteiger charge is 1.99. The average Bonchev–Trinajstić information content (AvgIpc) is 2.55. The molecule has 0 aliphatic rings. The third-order valence-electron chi connectivity index (χ3n) is 3.55. The SMILES string of the molecule is Cc1ccc2c(Cl)nccc2c1.Fc1ccc2c(Cl)nccc2c1. The maximum Gasteiger partial charge on any atom is 0.136 e. The molecule has 2 nitrogen and oxygen atoms in total. The van der Waals surface area contributed by atoms with Crippen LogP contribution < -0.4 is 0 Å². The first-order valence-corrected chi connectivity index (χ1v) is 8.01. The van der Waals surface area contributed by atoms with Crippen LogP contribution in [0.1, 0.15) is 5.56 Å². The molecule has 2 aromatic carbocycles. The minimum absolute atomic E-state index is 0.259. The van der Waals surface area contributed by atoms with Gasteiger partial charge in [0.25, 0.3) is 0 Å². The quantitative estimate of drug-likeness (QED) is 0.348. The van der Waals surface area contributed by atoms with Crippen molar-refractivity contribution in [1.29, 1.82) is 0 Å². The summed E-state index contributed by atoms with van der Waals surface area (Å²) in [7, 11) is 0. The van der Waals surface area contributed by atoms with Crippen molar-refractivity contribution in [2.24, 2.45) is 0 Å². The number of hydrogen-bond acceptors (Lipinski definition) is 2. The van der Waals surface area contributed by atoms with Gasteiger partial charge in [-0.15, -0.1) is 0 Å². The Hall–Kier alpha value is -2.23. The third kappa shape index (κ3) is 3.64. The summed E-state index contributed by atoms with van der Waals surface area (Å²) in [5.41, 5.74) is 1.24. The minimum Gasteiger partial charge on any atom is -0.244 e. The predicted octanol–water partition coefficient (Wildman–Crippen LogP) is 6.22. The molecular formula is C19H13Cl2FN2. The molecule has 24 heavy (non-hydrogen) atoms. The lowest BCUT2D eigenvalue weighted by Gasteiger charge is -1.99. The van der Waals surface area contributed by atoms with Crippen molar-refractivity contribution >= 4 is 44.7 Å². The van der Waals surface area contributed by atoms with Crippen molar-refractivity contribution in [3.05, 3.63) is 82.6 Å². The van der Waals surface area contributed by atoms with E-state index in [0.29, 0.717) is 10.3 Å². The van der Waals surface area contributed by atoms with Crippen LogP contribution in [-0.2, 0) is 0 Å². The zero-order chi connectivity index (χ0) is 17.1. The van der Waals surface area contributed by atoms with Gasteiger partial charge in [-0.2, -0.15) is 0 Å². The van der Waals surface area contributed by atoms with E-state index in [0.717, 1.165) is 21.5 Å². The smallest absolute Gasteiger partial charge is 0.136 e. The lowest BCUT2D eigenvalue weighted by molar-refractivity contribution is 0.629. The highest BCUT2D eigenvalue weighted by atomic mass is 35.5. The topological polar surface area (TPSA) is 25.8 Å². The number of pyridine rings is 2. The molecule has 0 saturated heterocycles. The van der Waals surface area contributed by atoms with Crippen molar-refractivity contribution in [2.45, 2.75) is 6.92 Å². The zero-order valence-electron chi connectivity index (χ0n) is 12.8. The van der Waals surface area contributed by atoms with E-state index in [1.165, 1.54) is 17.7 Å². The van der Waals surface area contributed by atoms with E-state index >= 15 is 0 Å². The summed E-state index contributed by atoms with van der Waals surface area (Å²) in [6.07, 6.45) is 3.29. The summed E-state index contributed by atoms with van der Waals surface area (Å²) in [4.78, 5) is 7.88. The van der Waals surface area contributed by atoms with Crippen molar-refractivity contribution in [3.8, 4) is 0 Å². The van der Waals surface area contributed by atoms with Crippen LogP contribution in [0.5, 0.6) is 0 Å². The fourth-order valence-electron chi connectivity index (χ4n) is 2.37. The highest BCUT2D eigenvalue weighted by Crippen LogP contribution is 2.22. The highest BCUT2D eigenvalue weighted by molar-refractivity contribution is 6.34. The second-order valence-corrected chi connectivity index (χ2v) is 6.01. The maximum atomic E-state index is 12.7. The summed E-state index contributed by atoms with van der Waals surface area (Å²) < 4.78 is 12.7. The van der Waals surface area contributed by atoms with E-state index in [1.54, 1.807) is 24.5 Å². The molecule has 0 N–H and O–H groups in total. The molecule has 0 aliphatic carbocycles. The van der Waals surface area contributed by atoms with Gasteiger partial charge in [0, 0.05) is 23.2 Å². The van der Waals surface area contributed by atoms with E-state index in [-0.39, 0.29) is 5.82 Å². The van der Waals surface area contributed by atoms with E-state index in [1.807, 2.05) is 18.2 Å². The number of fused-ring (bicyclic) bond motifs is 2. The van der Waals surface area contributed by atoms with Gasteiger partial charge in [-0.1, -0.05) is 47.0 Å². The van der Waals surface area contributed by atoms with Crippen molar-refractivity contribution < 1.29 is 4.39 Å². The van der Waals surface area contributed by atoms with Crippen LogP contribution in [0.3, 0.4) is 0 Å². The predicted molar refractivity (Wildman–Crippen MR) is 98.2 cm³/mol. The Bertz CT molecular complexity index is 935. The van der Waals surface area contributed by atoms with Gasteiger partial charge in [0.15, 0.2) is 0 Å². The Balaban J connectivity index is 0.000000141. The molecule has 0 fully saturated rings. The molecule has 5 heteroatoms. The Labute approximate surface area is 148 Å². The average molecular weight is 359 g/mol. The second-order valence-electron chi connectivity index (χ2n) is 5.29. The van der Waals surface area contributed by atoms with Gasteiger partial charge in [-0.3, -0.25) is 0 Å². The monoisotopic (exact) mass is 358 g/mol. The van der Waals surface area contributed by atoms with Crippen LogP contribution in [-0.4, -0.2) is 9.97 Å². The van der Waals surface area contributed by atoms with Crippen molar-refractivity contribution in [1.82, 2.24) is 9.97 Å². The van der Waals surface area contributed by atoms with E-state index in [2.05, 4.69) is 23.0 Å². The summed E-state index contributed by atoms with van der Waals surface area (Å²) in [6, 6.07) is 14.3. The number of rotatable bonds is 0. The number of benzene rings is 2. The number of aromatic nitrogens is 2. The van der Waals surface area contributed by atoms with E-state index in [9.17, 15) is 4.39 Å². The van der Waals surface area contributed by atoms with Gasteiger partial charge in [-0.25, -0.2) is 14.4 Å². The van der Waals surface area contributed by atoms with Crippen LogP contribution in [0.25, 0.3) is 21.5 Å². The first-order valence-electron chi connectivity index (χ1n) is 7.25. The first kappa shape index (κ1) is 16.6. The minimum atomic E-state index is -0.259. The molecule has 2 heterocycles. The Morgan fingerprint density at radius 3 is 1.92 bits per heavy atom. The van der Waals surface area contributed by atoms with Crippen molar-refractivity contribution in [3.63, 3.8) is 0 Å². The fourth-order valence-corrected chi connectivity index (χ4v) is 2.83. The molecule has 0 unspecified atom stereocenters. The Morgan fingerprint density at radius 2 is 1.29 bits per heavy atom. The largest absolute Gasteiger partial charge is 0.244 e. The van der Waals surface area contributed by atoms with Gasteiger partial charge in [0.2, 0.25) is 0 Å². The molecule has 2 aromatic heterocycles. The Kier molecular flexibility index (Phi) is 4.93. The van der Waals surface area contributed by atoms with E-state index < -0.39 is 0 Å². The summed E-state index contributed by atoms with van der Waals surface area (Å²) in [6.45, 7) is 2.06. The lowest BCUT2D eigenvalue weighted by Crippen LogP contribution is -1.79. The maximum absolute atomic E-state index is 12.7.